The Hall–Kier alpha value is -4.05. The van der Waals surface area contributed by atoms with Gasteiger partial charge in [0.2, 0.25) is 5.91 Å². The summed E-state index contributed by atoms with van der Waals surface area (Å²) in [6.07, 6.45) is 4.07. The third kappa shape index (κ3) is 5.65. The van der Waals surface area contributed by atoms with E-state index in [9.17, 15) is 19.2 Å². The summed E-state index contributed by atoms with van der Waals surface area (Å²) in [5.41, 5.74) is 0.462. The van der Waals surface area contributed by atoms with Crippen molar-refractivity contribution in [2.75, 3.05) is 31.5 Å². The maximum absolute atomic E-state index is 13.0. The van der Waals surface area contributed by atoms with Gasteiger partial charge in [0.25, 0.3) is 5.91 Å². The topological polar surface area (TPSA) is 102 Å². The van der Waals surface area contributed by atoms with Gasteiger partial charge in [-0.3, -0.25) is 14.5 Å². The van der Waals surface area contributed by atoms with Gasteiger partial charge >= 0.3 is 0 Å². The first-order valence-corrected chi connectivity index (χ1v) is 10.8. The average molecular weight is 465 g/mol. The van der Waals surface area contributed by atoms with E-state index in [-0.39, 0.29) is 17.6 Å². The second kappa shape index (κ2) is 10.3. The fourth-order valence-electron chi connectivity index (χ4n) is 3.60. The highest BCUT2D eigenvalue weighted by molar-refractivity contribution is 5.94. The lowest BCUT2D eigenvalue weighted by molar-refractivity contribution is -0.605. The summed E-state index contributed by atoms with van der Waals surface area (Å²) in [6.45, 7) is 3.87. The molecule has 3 heterocycles. The molecule has 34 heavy (non-hydrogen) atoms. The number of rotatable bonds is 6. The van der Waals surface area contributed by atoms with E-state index in [1.165, 1.54) is 55.0 Å². The molecule has 0 aliphatic carbocycles. The van der Waals surface area contributed by atoms with E-state index < -0.39 is 6.04 Å². The number of anilines is 1. The fourth-order valence-corrected chi connectivity index (χ4v) is 3.60. The van der Waals surface area contributed by atoms with Crippen molar-refractivity contribution in [2.24, 2.45) is 0 Å². The van der Waals surface area contributed by atoms with Gasteiger partial charge in [-0.05, 0) is 43.3 Å². The number of hydrogen-bond acceptors (Lipinski definition) is 6. The van der Waals surface area contributed by atoms with E-state index in [4.69, 9.17) is 4.74 Å². The van der Waals surface area contributed by atoms with Gasteiger partial charge < -0.3 is 20.2 Å². The molecule has 0 radical (unpaired) electrons. The van der Waals surface area contributed by atoms with Crippen molar-refractivity contribution in [3.8, 4) is 11.5 Å². The summed E-state index contributed by atoms with van der Waals surface area (Å²) in [5.74, 6) is 0.637. The van der Waals surface area contributed by atoms with Crippen LogP contribution in [0.1, 0.15) is 17.3 Å². The molecule has 1 aliphatic rings. The number of piperazine rings is 1. The number of hydrogen-bond donors (Lipinski definition) is 1. The van der Waals surface area contributed by atoms with Gasteiger partial charge in [0.15, 0.2) is 12.4 Å². The number of carbonyl (C=O) groups excluding carboxylic acids is 2. The number of ether oxygens (including phenoxy) is 1. The Morgan fingerprint density at radius 1 is 1.03 bits per heavy atom. The van der Waals surface area contributed by atoms with Gasteiger partial charge in [-0.25, -0.2) is 9.37 Å². The third-order valence-electron chi connectivity index (χ3n) is 5.61. The zero-order valence-electron chi connectivity index (χ0n) is 18.6. The third-order valence-corrected chi connectivity index (χ3v) is 5.61. The molecule has 1 N–H and O–H groups in total. The molecule has 1 aromatic carbocycles. The number of halogens is 1. The molecule has 176 valence electrons. The summed E-state index contributed by atoms with van der Waals surface area (Å²) in [4.78, 5) is 33.2. The molecule has 10 heteroatoms. The molecule has 3 aromatic rings. The minimum Gasteiger partial charge on any atom is -0.619 e. The Morgan fingerprint density at radius 2 is 1.68 bits per heavy atom. The van der Waals surface area contributed by atoms with Crippen LogP contribution in [0.25, 0.3) is 0 Å². The number of amides is 2. The number of carbonyl (C=O) groups is 2. The smallest absolute Gasteiger partial charge is 0.254 e. The van der Waals surface area contributed by atoms with Crippen molar-refractivity contribution in [3.63, 3.8) is 0 Å². The first-order chi connectivity index (χ1) is 16.4. The molecule has 4 rings (SSSR count). The van der Waals surface area contributed by atoms with Crippen LogP contribution in [0.5, 0.6) is 11.5 Å². The lowest BCUT2D eigenvalue weighted by Gasteiger charge is -2.37. The van der Waals surface area contributed by atoms with Gasteiger partial charge in [0, 0.05) is 38.3 Å². The van der Waals surface area contributed by atoms with Crippen molar-refractivity contribution in [2.45, 2.75) is 13.0 Å². The van der Waals surface area contributed by atoms with Gasteiger partial charge in [-0.1, -0.05) is 0 Å². The van der Waals surface area contributed by atoms with Crippen molar-refractivity contribution in [1.29, 1.82) is 0 Å². The molecule has 1 saturated heterocycles. The zero-order valence-corrected chi connectivity index (χ0v) is 18.6. The SMILES string of the molecule is C[C@@H](C(=O)Nc1ccc(Oc2ccc(F)cc2)cn1)N1CCN(C(=O)c2cc[n+]([O-])cc2)CC1. The number of pyridine rings is 2. The lowest BCUT2D eigenvalue weighted by Crippen LogP contribution is -2.54. The Bertz CT molecular complexity index is 1130. The van der Waals surface area contributed by atoms with E-state index >= 15 is 0 Å². The number of benzene rings is 1. The van der Waals surface area contributed by atoms with E-state index in [0.717, 1.165) is 0 Å². The molecular formula is C24H24FN5O4. The van der Waals surface area contributed by atoms with Gasteiger partial charge in [0.05, 0.1) is 17.8 Å². The van der Waals surface area contributed by atoms with Crippen LogP contribution in [0.4, 0.5) is 10.2 Å². The molecular weight excluding hydrogens is 441 g/mol. The van der Waals surface area contributed by atoms with Crippen LogP contribution in [0.3, 0.4) is 0 Å². The van der Waals surface area contributed by atoms with E-state index in [1.807, 2.05) is 11.8 Å². The molecule has 9 nitrogen and oxygen atoms in total. The van der Waals surface area contributed by atoms with Crippen molar-refractivity contribution in [1.82, 2.24) is 14.8 Å². The number of nitrogens with zero attached hydrogens (tertiary/aromatic N) is 4. The van der Waals surface area contributed by atoms with Crippen LogP contribution in [0, 0.1) is 11.0 Å². The van der Waals surface area contributed by atoms with Crippen LogP contribution >= 0.6 is 0 Å². The molecule has 1 atom stereocenters. The predicted octanol–water partition coefficient (Wildman–Crippen LogP) is 2.43. The van der Waals surface area contributed by atoms with E-state index in [2.05, 4.69) is 10.3 Å². The van der Waals surface area contributed by atoms with E-state index in [1.54, 1.807) is 17.0 Å². The second-order valence-electron chi connectivity index (χ2n) is 7.88. The van der Waals surface area contributed by atoms with E-state index in [0.29, 0.717) is 53.8 Å². The van der Waals surface area contributed by atoms with Crippen LogP contribution in [-0.2, 0) is 4.79 Å². The fraction of sp³-hybridized carbons (Fsp3) is 0.250. The summed E-state index contributed by atoms with van der Waals surface area (Å²) < 4.78 is 19.2. The minimum atomic E-state index is -0.412. The Kier molecular flexibility index (Phi) is 6.98. The van der Waals surface area contributed by atoms with Crippen LogP contribution in [0.2, 0.25) is 0 Å². The Labute approximate surface area is 196 Å². The maximum atomic E-state index is 13.0. The van der Waals surface area contributed by atoms with Gasteiger partial charge in [-0.15, -0.1) is 0 Å². The normalized spacial score (nSPS) is 14.9. The van der Waals surface area contributed by atoms with Gasteiger partial charge in [-0.2, -0.15) is 4.73 Å². The largest absolute Gasteiger partial charge is 0.619 e. The summed E-state index contributed by atoms with van der Waals surface area (Å²) in [6, 6.07) is 11.5. The molecule has 2 amide bonds. The standard InChI is InChI=1S/C24H24FN5O4/c1-17(28-12-14-29(15-13-28)24(32)18-8-10-30(33)11-9-18)23(31)27-22-7-6-21(16-26-22)34-20-4-2-19(25)3-5-20/h2-11,16-17H,12-15H2,1H3,(H,26,27,31)/t17-/m0/s1. The first-order valence-electron chi connectivity index (χ1n) is 10.8. The highest BCUT2D eigenvalue weighted by Gasteiger charge is 2.28. The lowest BCUT2D eigenvalue weighted by atomic mass is 10.2. The molecule has 1 aliphatic heterocycles. The number of aromatic nitrogens is 2. The molecule has 0 spiro atoms. The van der Waals surface area contributed by atoms with Crippen LogP contribution in [-0.4, -0.2) is 58.8 Å². The predicted molar refractivity (Wildman–Crippen MR) is 122 cm³/mol. The monoisotopic (exact) mass is 465 g/mol. The Morgan fingerprint density at radius 3 is 2.29 bits per heavy atom. The minimum absolute atomic E-state index is 0.135. The van der Waals surface area contributed by atoms with Crippen molar-refractivity contribution < 1.29 is 23.4 Å². The molecule has 0 unspecified atom stereocenters. The highest BCUT2D eigenvalue weighted by Crippen LogP contribution is 2.22. The zero-order chi connectivity index (χ0) is 24.1. The Balaban J connectivity index is 1.27. The quantitative estimate of drug-likeness (QED) is 0.443. The first kappa shape index (κ1) is 23.1. The van der Waals surface area contributed by atoms with Crippen LogP contribution < -0.4 is 14.8 Å². The number of nitrogens with one attached hydrogen (secondary N) is 1. The molecule has 0 saturated carbocycles. The summed E-state index contributed by atoms with van der Waals surface area (Å²) in [7, 11) is 0. The summed E-state index contributed by atoms with van der Waals surface area (Å²) >= 11 is 0. The second-order valence-corrected chi connectivity index (χ2v) is 7.88. The molecule has 2 aromatic heterocycles. The maximum Gasteiger partial charge on any atom is 0.254 e. The summed E-state index contributed by atoms with van der Waals surface area (Å²) in [5, 5.41) is 14.0. The van der Waals surface area contributed by atoms with Crippen molar-refractivity contribution >= 4 is 17.6 Å². The molecule has 1 fully saturated rings. The average Bonchev–Trinajstić information content (AvgIpc) is 2.86. The van der Waals surface area contributed by atoms with Gasteiger partial charge in [0.1, 0.15) is 23.1 Å². The highest BCUT2D eigenvalue weighted by atomic mass is 19.1. The molecule has 0 bridgehead atoms. The van der Waals surface area contributed by atoms with Crippen molar-refractivity contribution in [3.05, 3.63) is 83.7 Å². The van der Waals surface area contributed by atoms with Crippen LogP contribution in [0.15, 0.2) is 67.1 Å².